The molecule has 2 amide bonds. The maximum atomic E-state index is 13.6. The van der Waals surface area contributed by atoms with Crippen molar-refractivity contribution >= 4 is 11.7 Å². The van der Waals surface area contributed by atoms with Gasteiger partial charge in [-0.05, 0) is 35.6 Å². The average Bonchev–Trinajstić information content (AvgIpc) is 3.04. The van der Waals surface area contributed by atoms with Gasteiger partial charge in [-0.1, -0.05) is 32.1 Å². The van der Waals surface area contributed by atoms with E-state index in [9.17, 15) is 9.18 Å². The van der Waals surface area contributed by atoms with Crippen molar-refractivity contribution in [3.05, 3.63) is 47.3 Å². The first-order valence-electron chi connectivity index (χ1n) is 8.43. The summed E-state index contributed by atoms with van der Waals surface area (Å²) in [5.41, 5.74) is 2.42. The molecule has 0 aromatic heterocycles. The predicted molar refractivity (Wildman–Crippen MR) is 90.9 cm³/mol. The van der Waals surface area contributed by atoms with Crippen LogP contribution >= 0.6 is 0 Å². The van der Waals surface area contributed by atoms with E-state index in [0.717, 1.165) is 29.0 Å². The van der Waals surface area contributed by atoms with Gasteiger partial charge in [0, 0.05) is 13.0 Å². The second kappa shape index (κ2) is 5.36. The number of anilines is 1. The lowest BCUT2D eigenvalue weighted by Gasteiger charge is -2.48. The maximum absolute atomic E-state index is 13.6. The van der Waals surface area contributed by atoms with E-state index in [2.05, 4.69) is 31.3 Å². The van der Waals surface area contributed by atoms with Crippen LogP contribution in [0.4, 0.5) is 14.9 Å². The van der Waals surface area contributed by atoms with E-state index in [0.29, 0.717) is 19.6 Å². The summed E-state index contributed by atoms with van der Waals surface area (Å²) in [5, 5.41) is 2.95. The van der Waals surface area contributed by atoms with Crippen molar-refractivity contribution < 1.29 is 13.9 Å². The van der Waals surface area contributed by atoms with Gasteiger partial charge in [0.25, 0.3) is 0 Å². The van der Waals surface area contributed by atoms with Crippen LogP contribution in [0.15, 0.2) is 36.2 Å². The summed E-state index contributed by atoms with van der Waals surface area (Å²) in [6.45, 7) is 5.25. The fourth-order valence-corrected chi connectivity index (χ4v) is 3.88. The second-order valence-electron chi connectivity index (χ2n) is 6.93. The number of urea groups is 1. The molecule has 1 aromatic carbocycles. The summed E-state index contributed by atoms with van der Waals surface area (Å²) in [6.07, 6.45) is 6.16. The molecule has 3 aliphatic rings. The van der Waals surface area contributed by atoms with Gasteiger partial charge in [-0.15, -0.1) is 0 Å². The van der Waals surface area contributed by atoms with E-state index in [1.165, 1.54) is 6.08 Å². The molecule has 1 unspecified atom stereocenters. The highest BCUT2D eigenvalue weighted by Crippen LogP contribution is 2.47. The van der Waals surface area contributed by atoms with Gasteiger partial charge >= 0.3 is 6.03 Å². The number of ether oxygens (including phenoxy) is 1. The molecule has 0 saturated heterocycles. The van der Waals surface area contributed by atoms with Gasteiger partial charge in [-0.2, -0.15) is 0 Å². The molecule has 1 N–H and O–H groups in total. The minimum Gasteiger partial charge on any atom is -0.491 e. The summed E-state index contributed by atoms with van der Waals surface area (Å²) in [4.78, 5) is 14.7. The Morgan fingerprint density at radius 1 is 1.33 bits per heavy atom. The van der Waals surface area contributed by atoms with Crippen molar-refractivity contribution in [3.63, 3.8) is 0 Å². The zero-order chi connectivity index (χ0) is 16.9. The zero-order valence-corrected chi connectivity index (χ0v) is 13.9. The van der Waals surface area contributed by atoms with Crippen molar-refractivity contribution in [1.82, 2.24) is 5.32 Å². The molecule has 1 atom stereocenters. The molecule has 1 aliphatic carbocycles. The third-order valence-corrected chi connectivity index (χ3v) is 5.34. The predicted octanol–water partition coefficient (Wildman–Crippen LogP) is 3.86. The van der Waals surface area contributed by atoms with Gasteiger partial charge in [-0.3, -0.25) is 4.90 Å². The molecule has 0 bridgehead atoms. The Labute approximate surface area is 141 Å². The van der Waals surface area contributed by atoms with E-state index >= 15 is 0 Å². The highest BCUT2D eigenvalue weighted by Gasteiger charge is 2.46. The maximum Gasteiger partial charge on any atom is 0.323 e. The van der Waals surface area contributed by atoms with Gasteiger partial charge in [0.15, 0.2) is 0 Å². The number of rotatable bonds is 2. The number of hydrogen-bond acceptors (Lipinski definition) is 2. The van der Waals surface area contributed by atoms with Crippen LogP contribution in [0, 0.1) is 5.92 Å². The number of fused-ring (bicyclic) bond motifs is 3. The molecule has 5 heteroatoms. The number of hydrogen-bond donors (Lipinski definition) is 1. The van der Waals surface area contributed by atoms with Crippen molar-refractivity contribution in [2.24, 2.45) is 5.92 Å². The number of benzene rings is 1. The summed E-state index contributed by atoms with van der Waals surface area (Å²) in [6, 6.07) is 3.99. The summed E-state index contributed by atoms with van der Waals surface area (Å²) in [7, 11) is 0. The summed E-state index contributed by atoms with van der Waals surface area (Å²) < 4.78 is 19.5. The quantitative estimate of drug-likeness (QED) is 0.896. The van der Waals surface area contributed by atoms with E-state index in [-0.39, 0.29) is 17.8 Å². The lowest BCUT2D eigenvalue weighted by molar-refractivity contribution is 0.231. The van der Waals surface area contributed by atoms with Gasteiger partial charge in [0.2, 0.25) is 0 Å². The van der Waals surface area contributed by atoms with Gasteiger partial charge in [-0.25, -0.2) is 9.18 Å². The Morgan fingerprint density at radius 2 is 2.12 bits per heavy atom. The lowest BCUT2D eigenvalue weighted by Crippen LogP contribution is -2.59. The SMILES string of the molecule is CC(C)C1(N2C(=O)NCc3ccc4c(c32)OCC4)C=CC(F)=CC1. The van der Waals surface area contributed by atoms with E-state index in [4.69, 9.17) is 4.74 Å². The van der Waals surface area contributed by atoms with Crippen LogP contribution in [0.3, 0.4) is 0 Å². The Balaban J connectivity index is 1.91. The highest BCUT2D eigenvalue weighted by molar-refractivity contribution is 5.99. The number of nitrogens with one attached hydrogen (secondary N) is 1. The van der Waals surface area contributed by atoms with E-state index < -0.39 is 5.54 Å². The summed E-state index contributed by atoms with van der Waals surface area (Å²) >= 11 is 0. The third kappa shape index (κ3) is 2.07. The first kappa shape index (κ1) is 15.2. The molecule has 0 radical (unpaired) electrons. The van der Waals surface area contributed by atoms with Crippen molar-refractivity contribution in [3.8, 4) is 5.75 Å². The monoisotopic (exact) mass is 328 g/mol. The molecular weight excluding hydrogens is 307 g/mol. The zero-order valence-electron chi connectivity index (χ0n) is 13.9. The van der Waals surface area contributed by atoms with Crippen LogP contribution in [-0.2, 0) is 13.0 Å². The molecule has 0 spiro atoms. The second-order valence-corrected chi connectivity index (χ2v) is 6.93. The van der Waals surface area contributed by atoms with Crippen LogP contribution in [0.2, 0.25) is 0 Å². The molecular formula is C19H21FN2O2. The topological polar surface area (TPSA) is 41.6 Å². The van der Waals surface area contributed by atoms with Gasteiger partial charge in [0.05, 0.1) is 17.8 Å². The minimum absolute atomic E-state index is 0.118. The normalized spacial score (nSPS) is 25.1. The molecule has 0 fully saturated rings. The number of carbonyl (C=O) groups excluding carboxylic acids is 1. The Kier molecular flexibility index (Phi) is 3.41. The van der Waals surface area contributed by atoms with Gasteiger partial charge in [0.1, 0.15) is 11.6 Å². The number of carbonyl (C=O) groups is 1. The fraction of sp³-hybridized carbons (Fsp3) is 0.421. The molecule has 126 valence electrons. The molecule has 24 heavy (non-hydrogen) atoms. The number of nitrogens with zero attached hydrogens (tertiary/aromatic N) is 1. The summed E-state index contributed by atoms with van der Waals surface area (Å²) in [5.74, 6) is 0.677. The van der Waals surface area contributed by atoms with Crippen LogP contribution in [0.5, 0.6) is 5.75 Å². The Hall–Kier alpha value is -2.30. The van der Waals surface area contributed by atoms with Crippen molar-refractivity contribution in [1.29, 1.82) is 0 Å². The molecule has 1 aromatic rings. The van der Waals surface area contributed by atoms with Crippen molar-refractivity contribution in [2.45, 2.75) is 38.8 Å². The first-order chi connectivity index (χ1) is 11.5. The van der Waals surface area contributed by atoms with E-state index in [1.807, 2.05) is 6.08 Å². The minimum atomic E-state index is -0.601. The lowest BCUT2D eigenvalue weighted by atomic mass is 9.78. The molecule has 0 saturated carbocycles. The number of amides is 2. The van der Waals surface area contributed by atoms with Crippen LogP contribution in [0.1, 0.15) is 31.4 Å². The standard InChI is InChI=1S/C19H21FN2O2/c1-12(2)19(8-5-15(20)6-9-19)22-16-14(11-21-18(22)23)4-3-13-7-10-24-17(13)16/h3-6,8,12H,7,9-11H2,1-2H3,(H,21,23). The van der Waals surface area contributed by atoms with Crippen LogP contribution in [-0.4, -0.2) is 18.2 Å². The smallest absolute Gasteiger partial charge is 0.323 e. The highest BCUT2D eigenvalue weighted by atomic mass is 19.1. The number of halogens is 1. The molecule has 4 nitrogen and oxygen atoms in total. The molecule has 2 heterocycles. The number of allylic oxidation sites excluding steroid dienone is 2. The molecule has 2 aliphatic heterocycles. The largest absolute Gasteiger partial charge is 0.491 e. The molecule has 4 rings (SSSR count). The van der Waals surface area contributed by atoms with Crippen molar-refractivity contribution in [2.75, 3.05) is 11.5 Å². The van der Waals surface area contributed by atoms with Gasteiger partial charge < -0.3 is 10.1 Å². The Bertz CT molecular complexity index is 769. The van der Waals surface area contributed by atoms with Crippen LogP contribution in [0.25, 0.3) is 0 Å². The fourth-order valence-electron chi connectivity index (χ4n) is 3.88. The Morgan fingerprint density at radius 3 is 2.83 bits per heavy atom. The van der Waals surface area contributed by atoms with E-state index in [1.54, 1.807) is 11.0 Å². The van der Waals surface area contributed by atoms with Crippen LogP contribution < -0.4 is 15.0 Å². The average molecular weight is 328 g/mol. The third-order valence-electron chi connectivity index (χ3n) is 5.34. The first-order valence-corrected chi connectivity index (χ1v) is 8.43.